The molecule has 0 bridgehead atoms. The number of nitrogens with zero attached hydrogens (tertiary/aromatic N) is 1. The van der Waals surface area contributed by atoms with Gasteiger partial charge in [0.05, 0.1) is 0 Å². The fraction of sp³-hybridized carbons (Fsp3) is 0.700. The van der Waals surface area contributed by atoms with Gasteiger partial charge in [-0.2, -0.15) is 11.8 Å². The van der Waals surface area contributed by atoms with E-state index in [1.165, 1.54) is 25.0 Å². The summed E-state index contributed by atoms with van der Waals surface area (Å²) in [6.07, 6.45) is 6.24. The number of aromatic nitrogens is 2. The Labute approximate surface area is 94.1 Å². The van der Waals surface area contributed by atoms with E-state index in [1.54, 1.807) is 0 Å². The van der Waals surface area contributed by atoms with Crippen LogP contribution in [0.25, 0.3) is 0 Å². The Morgan fingerprint density at radius 3 is 3.07 bits per heavy atom. The van der Waals surface area contributed by atoms with Gasteiger partial charge in [0.1, 0.15) is 0 Å². The Bertz CT molecular complexity index is 347. The maximum Gasteiger partial charge on any atom is 0.177 e. The maximum atomic E-state index is 5.24. The highest BCUT2D eigenvalue weighted by molar-refractivity contribution is 7.99. The number of H-pyrrole nitrogens is 1. The average Bonchev–Trinajstić information content (AvgIpc) is 2.47. The van der Waals surface area contributed by atoms with E-state index in [2.05, 4.69) is 34.4 Å². The van der Waals surface area contributed by atoms with Crippen molar-refractivity contribution in [1.82, 2.24) is 9.55 Å². The third-order valence-corrected chi connectivity index (χ3v) is 4.31. The molecule has 1 aliphatic heterocycles. The highest BCUT2D eigenvalue weighted by atomic mass is 32.2. The van der Waals surface area contributed by atoms with Gasteiger partial charge in [-0.3, -0.25) is 0 Å². The van der Waals surface area contributed by atoms with Crippen molar-refractivity contribution in [2.45, 2.75) is 38.0 Å². The quantitative estimate of drug-likeness (QED) is 0.785. The summed E-state index contributed by atoms with van der Waals surface area (Å²) in [5.74, 6) is 1.32. The molecule has 14 heavy (non-hydrogen) atoms. The van der Waals surface area contributed by atoms with Gasteiger partial charge in [0.25, 0.3) is 0 Å². The lowest BCUT2D eigenvalue weighted by Gasteiger charge is -2.21. The fourth-order valence-corrected chi connectivity index (χ4v) is 3.46. The Hall–Kier alpha value is -0.220. The van der Waals surface area contributed by atoms with Crippen LogP contribution in [-0.2, 0) is 6.54 Å². The van der Waals surface area contributed by atoms with Gasteiger partial charge < -0.3 is 9.55 Å². The SMILES string of the molecule is Cc1cn(CC2CCCCS2)c(=S)[nH]1. The van der Waals surface area contributed by atoms with Crippen LogP contribution < -0.4 is 0 Å². The lowest BCUT2D eigenvalue weighted by Crippen LogP contribution is -2.16. The van der Waals surface area contributed by atoms with Gasteiger partial charge in [-0.05, 0) is 37.7 Å². The molecule has 1 aliphatic rings. The van der Waals surface area contributed by atoms with Crippen LogP contribution in [0.15, 0.2) is 6.20 Å². The van der Waals surface area contributed by atoms with E-state index in [9.17, 15) is 0 Å². The summed E-state index contributed by atoms with van der Waals surface area (Å²) in [4.78, 5) is 3.17. The summed E-state index contributed by atoms with van der Waals surface area (Å²) in [6.45, 7) is 3.13. The van der Waals surface area contributed by atoms with E-state index in [0.717, 1.165) is 22.3 Å². The molecule has 0 saturated carbocycles. The minimum absolute atomic E-state index is 0.769. The first-order valence-corrected chi connectivity index (χ1v) is 6.59. The predicted octanol–water partition coefficient (Wildman–Crippen LogP) is 3.14. The van der Waals surface area contributed by atoms with E-state index in [4.69, 9.17) is 12.2 Å². The van der Waals surface area contributed by atoms with E-state index in [-0.39, 0.29) is 0 Å². The monoisotopic (exact) mass is 228 g/mol. The molecule has 1 N–H and O–H groups in total. The van der Waals surface area contributed by atoms with E-state index < -0.39 is 0 Å². The van der Waals surface area contributed by atoms with Crippen molar-refractivity contribution in [3.63, 3.8) is 0 Å². The molecule has 78 valence electrons. The molecule has 1 unspecified atom stereocenters. The van der Waals surface area contributed by atoms with E-state index in [1.807, 2.05) is 0 Å². The summed E-state index contributed by atoms with van der Waals surface area (Å²) in [6, 6.07) is 0. The summed E-state index contributed by atoms with van der Waals surface area (Å²) in [7, 11) is 0. The first kappa shape index (κ1) is 10.3. The standard InChI is InChI=1S/C10H16N2S2/c1-8-6-12(10(13)11-8)7-9-4-2-3-5-14-9/h6,9H,2-5,7H2,1H3,(H,11,13). The largest absolute Gasteiger partial charge is 0.335 e. The van der Waals surface area contributed by atoms with Crippen LogP contribution in [0.1, 0.15) is 25.0 Å². The van der Waals surface area contributed by atoms with Crippen LogP contribution in [0.2, 0.25) is 0 Å². The first-order chi connectivity index (χ1) is 6.75. The van der Waals surface area contributed by atoms with Crippen LogP contribution in [-0.4, -0.2) is 20.6 Å². The topological polar surface area (TPSA) is 20.7 Å². The Morgan fingerprint density at radius 1 is 1.64 bits per heavy atom. The number of nitrogens with one attached hydrogen (secondary N) is 1. The maximum absolute atomic E-state index is 5.24. The van der Waals surface area contributed by atoms with Crippen molar-refractivity contribution < 1.29 is 0 Å². The number of aryl methyl sites for hydroxylation is 1. The zero-order chi connectivity index (χ0) is 9.97. The van der Waals surface area contributed by atoms with Gasteiger partial charge in [-0.1, -0.05) is 6.42 Å². The van der Waals surface area contributed by atoms with Gasteiger partial charge in [-0.25, -0.2) is 0 Å². The third-order valence-electron chi connectivity index (χ3n) is 2.59. The number of imidazole rings is 1. The second kappa shape index (κ2) is 4.53. The van der Waals surface area contributed by atoms with Crippen LogP contribution in [0, 0.1) is 11.7 Å². The molecule has 0 radical (unpaired) electrons. The van der Waals surface area contributed by atoms with Crippen molar-refractivity contribution >= 4 is 24.0 Å². The molecule has 0 amide bonds. The Morgan fingerprint density at radius 2 is 2.50 bits per heavy atom. The molecule has 1 atom stereocenters. The molecule has 2 rings (SSSR count). The first-order valence-electron chi connectivity index (χ1n) is 5.13. The van der Waals surface area contributed by atoms with Crippen molar-refractivity contribution in [2.75, 3.05) is 5.75 Å². The molecule has 0 aliphatic carbocycles. The van der Waals surface area contributed by atoms with Gasteiger partial charge in [-0.15, -0.1) is 0 Å². The normalized spacial score (nSPS) is 22.5. The van der Waals surface area contributed by atoms with Gasteiger partial charge in [0.15, 0.2) is 4.77 Å². The second-order valence-corrected chi connectivity index (χ2v) is 5.68. The van der Waals surface area contributed by atoms with Crippen molar-refractivity contribution in [3.8, 4) is 0 Å². The summed E-state index contributed by atoms with van der Waals surface area (Å²) >= 11 is 7.33. The zero-order valence-corrected chi connectivity index (χ0v) is 10.1. The number of hydrogen-bond donors (Lipinski definition) is 1. The minimum atomic E-state index is 0.769. The summed E-state index contributed by atoms with van der Waals surface area (Å²) in [5, 5.41) is 0.769. The minimum Gasteiger partial charge on any atom is -0.335 e. The molecule has 2 heterocycles. The van der Waals surface area contributed by atoms with Crippen molar-refractivity contribution in [1.29, 1.82) is 0 Å². The number of aromatic amines is 1. The lowest BCUT2D eigenvalue weighted by molar-refractivity contribution is 0.579. The molecule has 0 aromatic carbocycles. The molecular weight excluding hydrogens is 212 g/mol. The van der Waals surface area contributed by atoms with Crippen LogP contribution in [0.4, 0.5) is 0 Å². The smallest absolute Gasteiger partial charge is 0.177 e. The summed E-state index contributed by atoms with van der Waals surface area (Å²) < 4.78 is 3.04. The highest BCUT2D eigenvalue weighted by Gasteiger charge is 2.14. The van der Waals surface area contributed by atoms with E-state index >= 15 is 0 Å². The average molecular weight is 228 g/mol. The van der Waals surface area contributed by atoms with Crippen LogP contribution in [0.5, 0.6) is 0 Å². The second-order valence-electron chi connectivity index (χ2n) is 3.88. The molecular formula is C10H16N2S2. The molecule has 1 aromatic heterocycles. The van der Waals surface area contributed by atoms with Gasteiger partial charge >= 0.3 is 0 Å². The van der Waals surface area contributed by atoms with Crippen molar-refractivity contribution in [2.24, 2.45) is 0 Å². The highest BCUT2D eigenvalue weighted by Crippen LogP contribution is 2.26. The Balaban J connectivity index is 2.02. The molecule has 4 heteroatoms. The lowest BCUT2D eigenvalue weighted by atomic mass is 10.2. The number of hydrogen-bond acceptors (Lipinski definition) is 2. The van der Waals surface area contributed by atoms with Crippen molar-refractivity contribution in [3.05, 3.63) is 16.7 Å². The molecule has 0 spiro atoms. The predicted molar refractivity (Wildman–Crippen MR) is 64.5 cm³/mol. The fourth-order valence-electron chi connectivity index (χ4n) is 1.87. The molecule has 2 nitrogen and oxygen atoms in total. The molecule has 1 fully saturated rings. The zero-order valence-electron chi connectivity index (χ0n) is 8.45. The Kier molecular flexibility index (Phi) is 3.34. The summed E-state index contributed by atoms with van der Waals surface area (Å²) in [5.41, 5.74) is 1.16. The van der Waals surface area contributed by atoms with Gasteiger partial charge in [0.2, 0.25) is 0 Å². The van der Waals surface area contributed by atoms with Crippen LogP contribution >= 0.6 is 24.0 Å². The van der Waals surface area contributed by atoms with Crippen LogP contribution in [0.3, 0.4) is 0 Å². The molecule has 1 aromatic rings. The third kappa shape index (κ3) is 2.42. The molecule has 1 saturated heterocycles. The van der Waals surface area contributed by atoms with Gasteiger partial charge in [0, 0.05) is 23.7 Å². The number of rotatable bonds is 2. The van der Waals surface area contributed by atoms with E-state index in [0.29, 0.717) is 0 Å². The number of thioether (sulfide) groups is 1.